The predicted octanol–water partition coefficient (Wildman–Crippen LogP) is 4.14. The average molecular weight is 455 g/mol. The van der Waals surface area contributed by atoms with Gasteiger partial charge in [0.2, 0.25) is 0 Å². The molecule has 0 spiro atoms. The first-order chi connectivity index (χ1) is 15.3. The van der Waals surface area contributed by atoms with Gasteiger partial charge in [0.05, 0.1) is 19.8 Å². The van der Waals surface area contributed by atoms with Gasteiger partial charge in [-0.25, -0.2) is 0 Å². The fraction of sp³-hybridized carbons (Fsp3) is 0.346. The first kappa shape index (κ1) is 24.2. The molecule has 1 aliphatic heterocycles. The molecule has 1 aliphatic rings. The molecule has 0 bridgehead atoms. The second-order valence-electron chi connectivity index (χ2n) is 7.99. The number of carbonyl (C=O) groups is 1. The molecule has 0 saturated carbocycles. The lowest BCUT2D eigenvalue weighted by Crippen LogP contribution is -2.39. The Morgan fingerprint density at radius 3 is 2.34 bits per heavy atom. The summed E-state index contributed by atoms with van der Waals surface area (Å²) in [6.45, 7) is 6.16. The van der Waals surface area contributed by atoms with Crippen molar-refractivity contribution in [3.63, 3.8) is 0 Å². The van der Waals surface area contributed by atoms with Gasteiger partial charge in [0, 0.05) is 32.7 Å². The minimum Gasteiger partial charge on any atom is -0.463 e. The van der Waals surface area contributed by atoms with E-state index in [-0.39, 0.29) is 24.9 Å². The van der Waals surface area contributed by atoms with Crippen molar-refractivity contribution in [2.24, 2.45) is 0 Å². The maximum Gasteiger partial charge on any atom is 0.320 e. The van der Waals surface area contributed by atoms with Crippen LogP contribution >= 0.6 is 12.4 Å². The van der Waals surface area contributed by atoms with Crippen LogP contribution < -0.4 is 0 Å². The normalized spacial score (nSPS) is 14.3. The minimum atomic E-state index is -0.176. The molecule has 32 heavy (non-hydrogen) atoms. The van der Waals surface area contributed by atoms with Crippen molar-refractivity contribution in [1.29, 1.82) is 0 Å². The molecule has 6 heteroatoms. The number of hydrogen-bond donors (Lipinski definition) is 0. The highest BCUT2D eigenvalue weighted by molar-refractivity contribution is 5.85. The molecule has 1 saturated heterocycles. The molecular formula is C26H31ClN2O3. The molecule has 0 atom stereocenters. The molecule has 3 aromatic rings. The van der Waals surface area contributed by atoms with Gasteiger partial charge in [0.15, 0.2) is 0 Å². The standard InChI is InChI=1S/C26H30N2O3.ClH/c29-26(31-17-14-27-12-15-30-16-13-27)21-28(19-22-6-2-1-3-7-22)20-23-10-11-24-8-4-5-9-25(24)18-23;/h1-11,18H,12-17,19-21H2;1H. The number of carbonyl (C=O) groups excluding carboxylic acids is 1. The summed E-state index contributed by atoms with van der Waals surface area (Å²) in [6, 6.07) is 25.1. The summed E-state index contributed by atoms with van der Waals surface area (Å²) in [6.07, 6.45) is 0. The van der Waals surface area contributed by atoms with Gasteiger partial charge in [-0.3, -0.25) is 14.6 Å². The summed E-state index contributed by atoms with van der Waals surface area (Å²) in [5, 5.41) is 2.44. The molecule has 4 rings (SSSR count). The van der Waals surface area contributed by atoms with Gasteiger partial charge in [0.1, 0.15) is 6.61 Å². The van der Waals surface area contributed by atoms with E-state index in [9.17, 15) is 4.79 Å². The fourth-order valence-electron chi connectivity index (χ4n) is 3.95. The molecule has 170 valence electrons. The lowest BCUT2D eigenvalue weighted by atomic mass is 10.1. The van der Waals surface area contributed by atoms with Crippen LogP contribution in [0, 0.1) is 0 Å². The molecule has 3 aromatic carbocycles. The van der Waals surface area contributed by atoms with Gasteiger partial charge in [-0.2, -0.15) is 0 Å². The third-order valence-corrected chi connectivity index (χ3v) is 5.60. The number of rotatable bonds is 9. The van der Waals surface area contributed by atoms with Crippen LogP contribution in [0.1, 0.15) is 11.1 Å². The highest BCUT2D eigenvalue weighted by atomic mass is 35.5. The Morgan fingerprint density at radius 2 is 1.56 bits per heavy atom. The van der Waals surface area contributed by atoms with Crippen LogP contribution in [0.15, 0.2) is 72.8 Å². The van der Waals surface area contributed by atoms with E-state index < -0.39 is 0 Å². The van der Waals surface area contributed by atoms with Gasteiger partial charge >= 0.3 is 5.97 Å². The molecular weight excluding hydrogens is 424 g/mol. The van der Waals surface area contributed by atoms with Crippen molar-refractivity contribution < 1.29 is 14.3 Å². The molecule has 0 aromatic heterocycles. The molecule has 0 N–H and O–H groups in total. The lowest BCUT2D eigenvalue weighted by molar-refractivity contribution is -0.146. The Hall–Kier alpha value is -2.44. The zero-order valence-electron chi connectivity index (χ0n) is 18.3. The summed E-state index contributed by atoms with van der Waals surface area (Å²) in [7, 11) is 0. The van der Waals surface area contributed by atoms with Crippen molar-refractivity contribution in [1.82, 2.24) is 9.80 Å². The maximum absolute atomic E-state index is 12.6. The second kappa shape index (κ2) is 12.6. The highest BCUT2D eigenvalue weighted by Crippen LogP contribution is 2.18. The van der Waals surface area contributed by atoms with E-state index in [0.717, 1.165) is 32.8 Å². The zero-order valence-corrected chi connectivity index (χ0v) is 19.1. The zero-order chi connectivity index (χ0) is 21.3. The Morgan fingerprint density at radius 1 is 0.875 bits per heavy atom. The summed E-state index contributed by atoms with van der Waals surface area (Å²) >= 11 is 0. The molecule has 0 amide bonds. The Balaban J connectivity index is 0.00000289. The van der Waals surface area contributed by atoms with E-state index in [2.05, 4.69) is 64.4 Å². The number of morpholine rings is 1. The first-order valence-electron chi connectivity index (χ1n) is 11.0. The first-order valence-corrected chi connectivity index (χ1v) is 11.0. The van der Waals surface area contributed by atoms with E-state index in [4.69, 9.17) is 9.47 Å². The smallest absolute Gasteiger partial charge is 0.320 e. The molecule has 0 aliphatic carbocycles. The number of nitrogens with zero attached hydrogens (tertiary/aromatic N) is 2. The van der Waals surface area contributed by atoms with Crippen molar-refractivity contribution in [2.45, 2.75) is 13.1 Å². The number of esters is 1. The lowest BCUT2D eigenvalue weighted by Gasteiger charge is -2.26. The third-order valence-electron chi connectivity index (χ3n) is 5.60. The molecule has 5 nitrogen and oxygen atoms in total. The largest absolute Gasteiger partial charge is 0.463 e. The van der Waals surface area contributed by atoms with Gasteiger partial charge < -0.3 is 9.47 Å². The van der Waals surface area contributed by atoms with Gasteiger partial charge in [0.25, 0.3) is 0 Å². The van der Waals surface area contributed by atoms with Crippen molar-refractivity contribution in [3.05, 3.63) is 83.9 Å². The molecule has 0 unspecified atom stereocenters. The second-order valence-corrected chi connectivity index (χ2v) is 7.99. The van der Waals surface area contributed by atoms with Crippen molar-refractivity contribution in [2.75, 3.05) is 46.0 Å². The summed E-state index contributed by atoms with van der Waals surface area (Å²) in [5.74, 6) is -0.176. The predicted molar refractivity (Wildman–Crippen MR) is 130 cm³/mol. The van der Waals surface area contributed by atoms with Gasteiger partial charge in [-0.05, 0) is 28.0 Å². The summed E-state index contributed by atoms with van der Waals surface area (Å²) < 4.78 is 10.9. The van der Waals surface area contributed by atoms with E-state index in [0.29, 0.717) is 19.7 Å². The van der Waals surface area contributed by atoms with E-state index in [1.807, 2.05) is 18.2 Å². The Bertz CT molecular complexity index is 977. The number of halogens is 1. The minimum absolute atomic E-state index is 0. The van der Waals surface area contributed by atoms with Crippen LogP contribution in [0.2, 0.25) is 0 Å². The Labute approximate surface area is 196 Å². The SMILES string of the molecule is Cl.O=C(CN(Cc1ccccc1)Cc1ccc2ccccc2c1)OCCN1CCOCC1. The molecule has 0 radical (unpaired) electrons. The van der Waals surface area contributed by atoms with E-state index in [1.54, 1.807) is 0 Å². The van der Waals surface area contributed by atoms with Crippen LogP contribution in [0.3, 0.4) is 0 Å². The topological polar surface area (TPSA) is 42.0 Å². The highest BCUT2D eigenvalue weighted by Gasteiger charge is 2.15. The van der Waals surface area contributed by atoms with Crippen molar-refractivity contribution in [3.8, 4) is 0 Å². The maximum atomic E-state index is 12.6. The van der Waals surface area contributed by atoms with E-state index >= 15 is 0 Å². The number of hydrogen-bond acceptors (Lipinski definition) is 5. The molecule has 1 fully saturated rings. The van der Waals surface area contributed by atoms with Crippen LogP contribution in [-0.2, 0) is 27.4 Å². The van der Waals surface area contributed by atoms with Crippen LogP contribution in [0.25, 0.3) is 10.8 Å². The number of ether oxygens (including phenoxy) is 2. The Kier molecular flexibility index (Phi) is 9.50. The van der Waals surface area contributed by atoms with Gasteiger partial charge in [-0.1, -0.05) is 66.7 Å². The number of fused-ring (bicyclic) bond motifs is 1. The van der Waals surface area contributed by atoms with Crippen molar-refractivity contribution >= 4 is 29.1 Å². The average Bonchev–Trinajstić information content (AvgIpc) is 2.80. The summed E-state index contributed by atoms with van der Waals surface area (Å²) in [5.41, 5.74) is 2.38. The number of benzene rings is 3. The van der Waals surface area contributed by atoms with Gasteiger partial charge in [-0.15, -0.1) is 12.4 Å². The summed E-state index contributed by atoms with van der Waals surface area (Å²) in [4.78, 5) is 17.0. The fourth-order valence-corrected chi connectivity index (χ4v) is 3.95. The van der Waals surface area contributed by atoms with Crippen LogP contribution in [-0.4, -0.2) is 61.8 Å². The van der Waals surface area contributed by atoms with Crippen LogP contribution in [0.4, 0.5) is 0 Å². The molecule has 1 heterocycles. The quantitative estimate of drug-likeness (QED) is 0.454. The monoisotopic (exact) mass is 454 g/mol. The van der Waals surface area contributed by atoms with Crippen LogP contribution in [0.5, 0.6) is 0 Å². The van der Waals surface area contributed by atoms with E-state index in [1.165, 1.54) is 21.9 Å². The third kappa shape index (κ3) is 7.31.